The first kappa shape index (κ1) is 19.1. The van der Waals surface area contributed by atoms with Gasteiger partial charge in [-0.05, 0) is 30.3 Å². The second kappa shape index (κ2) is 8.02. The Morgan fingerprint density at radius 1 is 1.14 bits per heavy atom. The molecule has 1 amide bonds. The van der Waals surface area contributed by atoms with Gasteiger partial charge < -0.3 is 9.88 Å². The predicted octanol–water partition coefficient (Wildman–Crippen LogP) is 3.28. The van der Waals surface area contributed by atoms with E-state index in [4.69, 9.17) is 11.6 Å². The molecule has 0 aliphatic carbocycles. The first-order chi connectivity index (χ1) is 14.0. The Labute approximate surface area is 175 Å². The fraction of sp³-hybridized carbons (Fsp3) is 0.100. The fourth-order valence-corrected chi connectivity index (χ4v) is 3.79. The third-order valence-electron chi connectivity index (χ3n) is 4.32. The highest BCUT2D eigenvalue weighted by Gasteiger charge is 2.11. The molecule has 0 saturated heterocycles. The van der Waals surface area contributed by atoms with E-state index in [9.17, 15) is 9.59 Å². The lowest BCUT2D eigenvalue weighted by molar-refractivity contribution is 0.0954. The Balaban J connectivity index is 1.51. The van der Waals surface area contributed by atoms with E-state index >= 15 is 0 Å². The summed E-state index contributed by atoms with van der Waals surface area (Å²) in [7, 11) is 1.62. The maximum absolute atomic E-state index is 12.2. The number of benzene rings is 1. The van der Waals surface area contributed by atoms with Gasteiger partial charge in [-0.2, -0.15) is 5.10 Å². The standard InChI is InChI=1S/C20H16ClN5O2S/c1-25-19(27)9-6-15(24-25)13-2-4-14(5-3-13)26-11-10-22-18(26)12-23-20(28)16-7-8-17(21)29-16/h2-11H,12H2,1H3,(H,23,28). The van der Waals surface area contributed by atoms with Gasteiger partial charge in [-0.15, -0.1) is 11.3 Å². The molecule has 3 aromatic heterocycles. The lowest BCUT2D eigenvalue weighted by atomic mass is 10.1. The summed E-state index contributed by atoms with van der Waals surface area (Å²) in [6, 6.07) is 14.3. The molecule has 0 fully saturated rings. The summed E-state index contributed by atoms with van der Waals surface area (Å²) >= 11 is 7.12. The molecule has 4 aromatic rings. The zero-order chi connectivity index (χ0) is 20.4. The number of carbonyl (C=O) groups is 1. The van der Waals surface area contributed by atoms with Crippen molar-refractivity contribution < 1.29 is 4.79 Å². The quantitative estimate of drug-likeness (QED) is 0.532. The number of imidazole rings is 1. The van der Waals surface area contributed by atoms with Crippen molar-refractivity contribution in [1.29, 1.82) is 0 Å². The number of aryl methyl sites for hydroxylation is 1. The van der Waals surface area contributed by atoms with Crippen molar-refractivity contribution in [2.75, 3.05) is 0 Å². The van der Waals surface area contributed by atoms with Crippen LogP contribution in [0.2, 0.25) is 4.34 Å². The molecule has 29 heavy (non-hydrogen) atoms. The molecule has 3 heterocycles. The maximum Gasteiger partial charge on any atom is 0.266 e. The second-order valence-corrected chi connectivity index (χ2v) is 7.94. The van der Waals surface area contributed by atoms with Gasteiger partial charge in [0.25, 0.3) is 11.5 Å². The maximum atomic E-state index is 12.2. The van der Waals surface area contributed by atoms with E-state index in [1.807, 2.05) is 35.0 Å². The number of nitrogens with one attached hydrogen (secondary N) is 1. The van der Waals surface area contributed by atoms with Crippen molar-refractivity contribution in [3.63, 3.8) is 0 Å². The first-order valence-corrected chi connectivity index (χ1v) is 9.91. The summed E-state index contributed by atoms with van der Waals surface area (Å²) in [6.45, 7) is 0.283. The number of carbonyl (C=O) groups excluding carboxylic acids is 1. The molecule has 0 unspecified atom stereocenters. The van der Waals surface area contributed by atoms with E-state index in [2.05, 4.69) is 15.4 Å². The summed E-state index contributed by atoms with van der Waals surface area (Å²) in [5.41, 5.74) is 2.36. The Morgan fingerprint density at radius 3 is 2.62 bits per heavy atom. The van der Waals surface area contributed by atoms with Crippen LogP contribution in [0.25, 0.3) is 16.9 Å². The van der Waals surface area contributed by atoms with E-state index in [-0.39, 0.29) is 18.0 Å². The smallest absolute Gasteiger partial charge is 0.266 e. The Morgan fingerprint density at radius 2 is 1.93 bits per heavy atom. The molecule has 1 N–H and O–H groups in total. The van der Waals surface area contributed by atoms with Crippen LogP contribution in [-0.4, -0.2) is 25.2 Å². The second-order valence-electron chi connectivity index (χ2n) is 6.23. The van der Waals surface area contributed by atoms with Gasteiger partial charge in [-0.3, -0.25) is 9.59 Å². The van der Waals surface area contributed by atoms with E-state index in [1.54, 1.807) is 31.4 Å². The third kappa shape index (κ3) is 4.13. The van der Waals surface area contributed by atoms with Crippen LogP contribution in [0.1, 0.15) is 15.5 Å². The van der Waals surface area contributed by atoms with Crippen molar-refractivity contribution in [2.45, 2.75) is 6.54 Å². The van der Waals surface area contributed by atoms with Gasteiger partial charge in [0.1, 0.15) is 5.82 Å². The zero-order valence-electron chi connectivity index (χ0n) is 15.4. The van der Waals surface area contributed by atoms with Crippen LogP contribution in [0.4, 0.5) is 0 Å². The first-order valence-electron chi connectivity index (χ1n) is 8.72. The number of aromatic nitrogens is 4. The molecule has 0 aliphatic heterocycles. The van der Waals surface area contributed by atoms with Gasteiger partial charge in [0.05, 0.1) is 21.5 Å². The predicted molar refractivity (Wildman–Crippen MR) is 113 cm³/mol. The van der Waals surface area contributed by atoms with Gasteiger partial charge in [0.2, 0.25) is 0 Å². The molecule has 0 spiro atoms. The largest absolute Gasteiger partial charge is 0.344 e. The van der Waals surface area contributed by atoms with E-state index in [0.717, 1.165) is 11.3 Å². The summed E-state index contributed by atoms with van der Waals surface area (Å²) in [5, 5.41) is 7.12. The molecular formula is C20H16ClN5O2S. The molecule has 9 heteroatoms. The summed E-state index contributed by atoms with van der Waals surface area (Å²) in [6.07, 6.45) is 3.52. The summed E-state index contributed by atoms with van der Waals surface area (Å²) < 4.78 is 3.78. The van der Waals surface area contributed by atoms with Crippen LogP contribution in [0.3, 0.4) is 0 Å². The number of thiophene rings is 1. The van der Waals surface area contributed by atoms with Gasteiger partial charge in [0, 0.05) is 36.8 Å². The van der Waals surface area contributed by atoms with Gasteiger partial charge in [-0.25, -0.2) is 9.67 Å². The van der Waals surface area contributed by atoms with E-state index in [0.29, 0.717) is 20.7 Å². The highest BCUT2D eigenvalue weighted by Crippen LogP contribution is 2.22. The van der Waals surface area contributed by atoms with Crippen molar-refractivity contribution in [1.82, 2.24) is 24.6 Å². The molecule has 7 nitrogen and oxygen atoms in total. The van der Waals surface area contributed by atoms with E-state index < -0.39 is 0 Å². The minimum absolute atomic E-state index is 0.153. The Hall–Kier alpha value is -3.23. The number of halogens is 1. The molecule has 0 radical (unpaired) electrons. The molecule has 0 bridgehead atoms. The van der Waals surface area contributed by atoms with Crippen LogP contribution in [0.5, 0.6) is 0 Å². The normalized spacial score (nSPS) is 10.8. The molecule has 0 saturated carbocycles. The molecular weight excluding hydrogens is 410 g/mol. The van der Waals surface area contributed by atoms with Crippen LogP contribution < -0.4 is 10.9 Å². The van der Waals surface area contributed by atoms with Crippen molar-refractivity contribution in [2.24, 2.45) is 7.05 Å². The number of hydrogen-bond acceptors (Lipinski definition) is 5. The van der Waals surface area contributed by atoms with Crippen molar-refractivity contribution in [3.05, 3.63) is 86.3 Å². The van der Waals surface area contributed by atoms with Gasteiger partial charge in [-0.1, -0.05) is 23.7 Å². The van der Waals surface area contributed by atoms with Crippen LogP contribution in [-0.2, 0) is 13.6 Å². The van der Waals surface area contributed by atoms with Crippen LogP contribution in [0, 0.1) is 0 Å². The highest BCUT2D eigenvalue weighted by atomic mass is 35.5. The van der Waals surface area contributed by atoms with Gasteiger partial charge in [0.15, 0.2) is 0 Å². The third-order valence-corrected chi connectivity index (χ3v) is 5.55. The minimum atomic E-state index is -0.187. The molecule has 146 valence electrons. The highest BCUT2D eigenvalue weighted by molar-refractivity contribution is 7.17. The zero-order valence-corrected chi connectivity index (χ0v) is 16.9. The average Bonchev–Trinajstić information content (AvgIpc) is 3.37. The number of rotatable bonds is 5. The van der Waals surface area contributed by atoms with Crippen LogP contribution >= 0.6 is 22.9 Å². The monoisotopic (exact) mass is 425 g/mol. The molecule has 1 aromatic carbocycles. The lowest BCUT2D eigenvalue weighted by Crippen LogP contribution is -2.23. The molecule has 4 rings (SSSR count). The van der Waals surface area contributed by atoms with Gasteiger partial charge >= 0.3 is 0 Å². The number of amides is 1. The fourth-order valence-electron chi connectivity index (χ4n) is 2.83. The summed E-state index contributed by atoms with van der Waals surface area (Å²) in [5.74, 6) is 0.515. The van der Waals surface area contributed by atoms with Crippen molar-refractivity contribution in [3.8, 4) is 16.9 Å². The molecule has 0 aliphatic rings. The Bertz CT molecular complexity index is 1230. The van der Waals surface area contributed by atoms with E-state index in [1.165, 1.54) is 22.1 Å². The van der Waals surface area contributed by atoms with Crippen LogP contribution in [0.15, 0.2) is 65.7 Å². The lowest BCUT2D eigenvalue weighted by Gasteiger charge is -2.10. The SMILES string of the molecule is Cn1nc(-c2ccc(-n3ccnc3CNC(=O)c3ccc(Cl)s3)cc2)ccc1=O. The Kier molecular flexibility index (Phi) is 5.28. The van der Waals surface area contributed by atoms with Crippen molar-refractivity contribution >= 4 is 28.8 Å². The minimum Gasteiger partial charge on any atom is -0.344 e. The average molecular weight is 426 g/mol. The number of nitrogens with zero attached hydrogens (tertiary/aromatic N) is 4. The topological polar surface area (TPSA) is 81.8 Å². The molecule has 0 atom stereocenters. The summed E-state index contributed by atoms with van der Waals surface area (Å²) in [4.78, 5) is 28.6. The number of hydrogen-bond donors (Lipinski definition) is 1.